The second-order valence-electron chi connectivity index (χ2n) is 6.35. The molecule has 0 radical (unpaired) electrons. The first-order chi connectivity index (χ1) is 12.2. The number of unbranched alkanes of at least 4 members (excludes halogenated alkanes) is 1. The van der Waals surface area contributed by atoms with Crippen molar-refractivity contribution in [2.75, 3.05) is 0 Å². The fourth-order valence-electron chi connectivity index (χ4n) is 3.02. The molecular weight excluding hydrogens is 328 g/mol. The Hall–Kier alpha value is -2.20. The van der Waals surface area contributed by atoms with Crippen LogP contribution in [0.25, 0.3) is 10.4 Å². The number of hydrogen-bond donors (Lipinski definition) is 1. The number of aryl methyl sites for hydroxylation is 4. The van der Waals surface area contributed by atoms with Gasteiger partial charge in [-0.15, -0.1) is 11.3 Å². The van der Waals surface area contributed by atoms with E-state index >= 15 is 0 Å². The van der Waals surface area contributed by atoms with Gasteiger partial charge in [0.1, 0.15) is 0 Å². The molecule has 0 atom stereocenters. The summed E-state index contributed by atoms with van der Waals surface area (Å²) in [7, 11) is 0. The number of thiophene rings is 1. The van der Waals surface area contributed by atoms with Crippen LogP contribution in [-0.4, -0.2) is 9.97 Å². The Morgan fingerprint density at radius 2 is 2.00 bits per heavy atom. The lowest BCUT2D eigenvalue weighted by Gasteiger charge is -2.05. The highest BCUT2D eigenvalue weighted by atomic mass is 32.1. The average molecular weight is 353 g/mol. The van der Waals surface area contributed by atoms with Crippen LogP contribution >= 0.6 is 11.3 Å². The van der Waals surface area contributed by atoms with E-state index in [0.717, 1.165) is 36.1 Å². The lowest BCUT2D eigenvalue weighted by molar-refractivity contribution is 0.738. The van der Waals surface area contributed by atoms with Gasteiger partial charge in [0.05, 0.1) is 0 Å². The first-order valence-electron chi connectivity index (χ1n) is 8.88. The molecular formula is C21H24N2OS. The number of H-pyrrole nitrogens is 1. The largest absolute Gasteiger partial charge is 0.326 e. The van der Waals surface area contributed by atoms with Gasteiger partial charge >= 0.3 is 0 Å². The molecule has 0 aromatic carbocycles. The minimum absolute atomic E-state index is 0.0379. The highest BCUT2D eigenvalue weighted by Crippen LogP contribution is 2.30. The van der Waals surface area contributed by atoms with Crippen molar-refractivity contribution in [3.8, 4) is 10.4 Å². The minimum Gasteiger partial charge on any atom is -0.326 e. The zero-order valence-electron chi connectivity index (χ0n) is 14.8. The van der Waals surface area contributed by atoms with E-state index in [1.165, 1.54) is 28.2 Å². The minimum atomic E-state index is 0.0379. The van der Waals surface area contributed by atoms with Crippen molar-refractivity contribution < 1.29 is 0 Å². The van der Waals surface area contributed by atoms with Gasteiger partial charge in [-0.05, 0) is 68.9 Å². The highest BCUT2D eigenvalue weighted by molar-refractivity contribution is 7.15. The number of rotatable bonds is 7. The molecule has 0 aliphatic heterocycles. The molecule has 0 saturated carbocycles. The summed E-state index contributed by atoms with van der Waals surface area (Å²) < 4.78 is 0. The third-order valence-electron chi connectivity index (χ3n) is 4.48. The molecule has 0 amide bonds. The highest BCUT2D eigenvalue weighted by Gasteiger charge is 2.09. The summed E-state index contributed by atoms with van der Waals surface area (Å²) in [6.45, 7) is 4.00. The monoisotopic (exact) mass is 352 g/mol. The SMILES string of the molecule is CCc1cc(-c2ccc(CCCCc3cccnc3)s2)c(C)[nH]c1=O. The number of aromatic amines is 1. The molecule has 3 nitrogen and oxygen atoms in total. The van der Waals surface area contributed by atoms with Gasteiger partial charge in [0.2, 0.25) is 0 Å². The van der Waals surface area contributed by atoms with Crippen LogP contribution in [0.4, 0.5) is 0 Å². The molecule has 25 heavy (non-hydrogen) atoms. The molecule has 0 unspecified atom stereocenters. The maximum atomic E-state index is 11.9. The maximum absolute atomic E-state index is 11.9. The molecule has 0 fully saturated rings. The molecule has 0 aliphatic rings. The topological polar surface area (TPSA) is 45.8 Å². The summed E-state index contributed by atoms with van der Waals surface area (Å²) in [6.07, 6.45) is 9.08. The molecule has 1 N–H and O–H groups in total. The van der Waals surface area contributed by atoms with Gasteiger partial charge in [-0.1, -0.05) is 13.0 Å². The zero-order valence-corrected chi connectivity index (χ0v) is 15.7. The molecule has 3 heterocycles. The van der Waals surface area contributed by atoms with E-state index in [2.05, 4.69) is 28.2 Å². The number of aromatic nitrogens is 2. The summed E-state index contributed by atoms with van der Waals surface area (Å²) in [5.74, 6) is 0. The summed E-state index contributed by atoms with van der Waals surface area (Å²) in [5, 5.41) is 0. The Bertz CT molecular complexity index is 880. The van der Waals surface area contributed by atoms with Crippen LogP contribution in [0.2, 0.25) is 0 Å². The van der Waals surface area contributed by atoms with Gasteiger partial charge in [-0.3, -0.25) is 9.78 Å². The van der Waals surface area contributed by atoms with E-state index in [1.54, 1.807) is 0 Å². The average Bonchev–Trinajstić information content (AvgIpc) is 3.08. The Morgan fingerprint density at radius 3 is 2.76 bits per heavy atom. The van der Waals surface area contributed by atoms with Crippen molar-refractivity contribution in [3.05, 3.63) is 74.8 Å². The molecule has 3 rings (SSSR count). The summed E-state index contributed by atoms with van der Waals surface area (Å²) >= 11 is 1.84. The molecule has 0 bridgehead atoms. The van der Waals surface area contributed by atoms with Crippen LogP contribution in [0.1, 0.15) is 41.5 Å². The van der Waals surface area contributed by atoms with Gasteiger partial charge < -0.3 is 4.98 Å². The predicted molar refractivity (Wildman–Crippen MR) is 105 cm³/mol. The number of nitrogens with zero attached hydrogens (tertiary/aromatic N) is 1. The van der Waals surface area contributed by atoms with Crippen molar-refractivity contribution in [2.45, 2.75) is 46.0 Å². The van der Waals surface area contributed by atoms with E-state index in [4.69, 9.17) is 0 Å². The third kappa shape index (κ3) is 4.45. The van der Waals surface area contributed by atoms with Crippen LogP contribution in [-0.2, 0) is 19.3 Å². The van der Waals surface area contributed by atoms with Gasteiger partial charge in [-0.2, -0.15) is 0 Å². The van der Waals surface area contributed by atoms with E-state index in [9.17, 15) is 4.79 Å². The Balaban J connectivity index is 1.62. The fraction of sp³-hybridized carbons (Fsp3) is 0.333. The van der Waals surface area contributed by atoms with Crippen LogP contribution < -0.4 is 5.56 Å². The standard InChI is InChI=1S/C21H24N2OS/c1-3-17-13-19(15(2)23-21(17)24)20-11-10-18(25-20)9-5-4-7-16-8-6-12-22-14-16/h6,8,10-14H,3-5,7,9H2,1-2H3,(H,23,24). The van der Waals surface area contributed by atoms with Gasteiger partial charge in [0.25, 0.3) is 5.56 Å². The van der Waals surface area contributed by atoms with Crippen molar-refractivity contribution in [2.24, 2.45) is 0 Å². The number of pyridine rings is 2. The summed E-state index contributed by atoms with van der Waals surface area (Å²) in [5.41, 5.74) is 4.31. The summed E-state index contributed by atoms with van der Waals surface area (Å²) in [4.78, 5) is 21.7. The predicted octanol–water partition coefficient (Wildman–Crippen LogP) is 4.93. The molecule has 130 valence electrons. The maximum Gasteiger partial charge on any atom is 0.251 e. The first-order valence-corrected chi connectivity index (χ1v) is 9.70. The number of hydrogen-bond acceptors (Lipinski definition) is 3. The van der Waals surface area contributed by atoms with Crippen LogP contribution in [0, 0.1) is 6.92 Å². The van der Waals surface area contributed by atoms with Gasteiger partial charge in [0, 0.05) is 39.0 Å². The van der Waals surface area contributed by atoms with Crippen molar-refractivity contribution >= 4 is 11.3 Å². The molecule has 0 aliphatic carbocycles. The summed E-state index contributed by atoms with van der Waals surface area (Å²) in [6, 6.07) is 10.6. The molecule has 3 aromatic heterocycles. The molecule has 0 saturated heterocycles. The fourth-order valence-corrected chi connectivity index (χ4v) is 4.14. The Kier molecular flexibility index (Phi) is 5.82. The van der Waals surface area contributed by atoms with E-state index in [-0.39, 0.29) is 5.56 Å². The van der Waals surface area contributed by atoms with E-state index in [0.29, 0.717) is 0 Å². The quantitative estimate of drug-likeness (QED) is 0.613. The zero-order chi connectivity index (χ0) is 17.6. The second-order valence-corrected chi connectivity index (χ2v) is 7.52. The van der Waals surface area contributed by atoms with E-state index < -0.39 is 0 Å². The smallest absolute Gasteiger partial charge is 0.251 e. The third-order valence-corrected chi connectivity index (χ3v) is 5.66. The lowest BCUT2D eigenvalue weighted by Crippen LogP contribution is -2.13. The molecule has 3 aromatic rings. The van der Waals surface area contributed by atoms with Crippen molar-refractivity contribution in [1.82, 2.24) is 9.97 Å². The van der Waals surface area contributed by atoms with Gasteiger partial charge in [0.15, 0.2) is 0 Å². The Labute approximate surface area is 152 Å². The molecule has 0 spiro atoms. The van der Waals surface area contributed by atoms with Crippen molar-refractivity contribution in [3.63, 3.8) is 0 Å². The van der Waals surface area contributed by atoms with E-state index in [1.807, 2.05) is 49.7 Å². The molecule has 4 heteroatoms. The number of nitrogens with one attached hydrogen (secondary N) is 1. The van der Waals surface area contributed by atoms with Crippen molar-refractivity contribution in [1.29, 1.82) is 0 Å². The van der Waals surface area contributed by atoms with Gasteiger partial charge in [-0.25, -0.2) is 0 Å². The lowest BCUT2D eigenvalue weighted by atomic mass is 10.1. The van der Waals surface area contributed by atoms with Crippen LogP contribution in [0.15, 0.2) is 47.5 Å². The Morgan fingerprint density at radius 1 is 1.16 bits per heavy atom. The van der Waals surface area contributed by atoms with Crippen LogP contribution in [0.3, 0.4) is 0 Å². The first kappa shape index (κ1) is 17.6. The van der Waals surface area contributed by atoms with Crippen LogP contribution in [0.5, 0.6) is 0 Å². The normalized spacial score (nSPS) is 11.0. The second kappa shape index (κ2) is 8.26.